The summed E-state index contributed by atoms with van der Waals surface area (Å²) in [4.78, 5) is 12.7. The van der Waals surface area contributed by atoms with Gasteiger partial charge in [-0.15, -0.1) is 0 Å². The second-order valence-corrected chi connectivity index (χ2v) is 4.96. The lowest BCUT2D eigenvalue weighted by Gasteiger charge is -2.13. The van der Waals surface area contributed by atoms with Crippen molar-refractivity contribution in [2.24, 2.45) is 0 Å². The smallest absolute Gasteiger partial charge is 0.201 e. The molecule has 0 saturated carbocycles. The summed E-state index contributed by atoms with van der Waals surface area (Å²) >= 11 is 3.36. The number of hydrogen-bond donors (Lipinski definition) is 1. The molecule has 2 rings (SSSR count). The molecule has 0 heterocycles. The Hall–Kier alpha value is -2.01. The highest BCUT2D eigenvalue weighted by atomic mass is 79.9. The maximum atomic E-state index is 12.7. The van der Waals surface area contributed by atoms with Gasteiger partial charge in [0.25, 0.3) is 0 Å². The van der Waals surface area contributed by atoms with Crippen LogP contribution in [0.2, 0.25) is 0 Å². The number of methoxy groups -OCH3 is 2. The zero-order valence-electron chi connectivity index (χ0n) is 11.1. The molecular weight excluding hydrogens is 322 g/mol. The first-order valence-electron chi connectivity index (χ1n) is 5.89. The number of nitrogen functional groups attached to an aromatic ring is 1. The van der Waals surface area contributed by atoms with Gasteiger partial charge in [0, 0.05) is 15.7 Å². The summed E-state index contributed by atoms with van der Waals surface area (Å²) in [6.45, 7) is 0. The first kappa shape index (κ1) is 14.4. The largest absolute Gasteiger partial charge is 0.496 e. The van der Waals surface area contributed by atoms with E-state index in [2.05, 4.69) is 15.9 Å². The predicted octanol–water partition coefficient (Wildman–Crippen LogP) is 3.28. The van der Waals surface area contributed by atoms with Crippen molar-refractivity contribution in [2.75, 3.05) is 20.0 Å². The van der Waals surface area contributed by atoms with Crippen molar-refractivity contribution < 1.29 is 14.3 Å². The fourth-order valence-corrected chi connectivity index (χ4v) is 2.35. The van der Waals surface area contributed by atoms with Crippen LogP contribution in [0.3, 0.4) is 0 Å². The van der Waals surface area contributed by atoms with Gasteiger partial charge in [0.15, 0.2) is 0 Å². The third-order valence-electron chi connectivity index (χ3n) is 2.89. The number of ketones is 1. The van der Waals surface area contributed by atoms with E-state index in [1.165, 1.54) is 14.2 Å². The van der Waals surface area contributed by atoms with Crippen molar-refractivity contribution in [3.63, 3.8) is 0 Å². The molecule has 104 valence electrons. The molecular formula is C15H14BrNO3. The Bertz CT molecular complexity index is 633. The van der Waals surface area contributed by atoms with E-state index < -0.39 is 0 Å². The summed E-state index contributed by atoms with van der Waals surface area (Å²) in [6.07, 6.45) is 0. The maximum Gasteiger partial charge on any atom is 0.201 e. The highest BCUT2D eigenvalue weighted by Gasteiger charge is 2.21. The standard InChI is InChI=1S/C15H14BrNO3/c1-19-12-4-3-5-13(20-2)14(12)15(18)10-8-9(17)6-7-11(10)16/h3-8H,17H2,1-2H3. The summed E-state index contributed by atoms with van der Waals surface area (Å²) in [7, 11) is 3.03. The Morgan fingerprint density at radius 3 is 2.25 bits per heavy atom. The van der Waals surface area contributed by atoms with E-state index in [1.807, 2.05) is 0 Å². The molecule has 0 amide bonds. The zero-order valence-corrected chi connectivity index (χ0v) is 12.7. The summed E-state index contributed by atoms with van der Waals surface area (Å²) in [6, 6.07) is 10.3. The van der Waals surface area contributed by atoms with Crippen LogP contribution < -0.4 is 15.2 Å². The molecule has 0 aromatic heterocycles. The minimum atomic E-state index is -0.210. The molecule has 0 bridgehead atoms. The van der Waals surface area contributed by atoms with E-state index in [4.69, 9.17) is 15.2 Å². The van der Waals surface area contributed by atoms with Crippen molar-refractivity contribution in [1.29, 1.82) is 0 Å². The van der Waals surface area contributed by atoms with Crippen LogP contribution in [0, 0.1) is 0 Å². The molecule has 20 heavy (non-hydrogen) atoms. The van der Waals surface area contributed by atoms with Gasteiger partial charge in [0.05, 0.1) is 14.2 Å². The van der Waals surface area contributed by atoms with Gasteiger partial charge in [-0.3, -0.25) is 4.79 Å². The highest BCUT2D eigenvalue weighted by molar-refractivity contribution is 9.10. The Balaban J connectivity index is 2.61. The minimum Gasteiger partial charge on any atom is -0.496 e. The number of ether oxygens (including phenoxy) is 2. The van der Waals surface area contributed by atoms with E-state index in [-0.39, 0.29) is 5.78 Å². The third kappa shape index (κ3) is 2.63. The van der Waals surface area contributed by atoms with Gasteiger partial charge in [0.1, 0.15) is 17.1 Å². The van der Waals surface area contributed by atoms with Crippen LogP contribution >= 0.6 is 15.9 Å². The molecule has 2 aromatic rings. The molecule has 2 N–H and O–H groups in total. The molecule has 0 aliphatic carbocycles. The van der Waals surface area contributed by atoms with Crippen molar-refractivity contribution in [2.45, 2.75) is 0 Å². The average Bonchev–Trinajstić information content (AvgIpc) is 2.48. The minimum absolute atomic E-state index is 0.210. The molecule has 2 aromatic carbocycles. The number of hydrogen-bond acceptors (Lipinski definition) is 4. The van der Waals surface area contributed by atoms with E-state index in [0.29, 0.717) is 32.8 Å². The lowest BCUT2D eigenvalue weighted by Crippen LogP contribution is -2.08. The van der Waals surface area contributed by atoms with Crippen LogP contribution in [0.5, 0.6) is 11.5 Å². The fourth-order valence-electron chi connectivity index (χ4n) is 1.93. The first-order valence-corrected chi connectivity index (χ1v) is 6.68. The second-order valence-electron chi connectivity index (χ2n) is 4.11. The van der Waals surface area contributed by atoms with E-state index in [0.717, 1.165) is 0 Å². The molecule has 0 radical (unpaired) electrons. The molecule has 4 nitrogen and oxygen atoms in total. The zero-order chi connectivity index (χ0) is 14.7. The van der Waals surface area contributed by atoms with Crippen LogP contribution in [0.4, 0.5) is 5.69 Å². The van der Waals surface area contributed by atoms with Crippen molar-refractivity contribution in [1.82, 2.24) is 0 Å². The Labute approximate surface area is 125 Å². The summed E-state index contributed by atoms with van der Waals surface area (Å²) in [5.41, 5.74) is 7.11. The molecule has 0 saturated heterocycles. The van der Waals surface area contributed by atoms with E-state index in [9.17, 15) is 4.79 Å². The Kier molecular flexibility index (Phi) is 4.29. The number of benzene rings is 2. The number of carbonyl (C=O) groups excluding carboxylic acids is 1. The lowest BCUT2D eigenvalue weighted by molar-refractivity contribution is 0.103. The highest BCUT2D eigenvalue weighted by Crippen LogP contribution is 2.33. The van der Waals surface area contributed by atoms with Gasteiger partial charge >= 0.3 is 0 Å². The van der Waals surface area contributed by atoms with Crippen LogP contribution in [-0.4, -0.2) is 20.0 Å². The molecule has 0 fully saturated rings. The average molecular weight is 336 g/mol. The SMILES string of the molecule is COc1cccc(OC)c1C(=O)c1cc(N)ccc1Br. The number of nitrogens with two attached hydrogens (primary N) is 1. The monoisotopic (exact) mass is 335 g/mol. The summed E-state index contributed by atoms with van der Waals surface area (Å²) in [5.74, 6) is 0.714. The molecule has 0 atom stereocenters. The summed E-state index contributed by atoms with van der Waals surface area (Å²) < 4.78 is 11.2. The van der Waals surface area contributed by atoms with Crippen molar-refractivity contribution in [3.8, 4) is 11.5 Å². The van der Waals surface area contributed by atoms with Gasteiger partial charge in [-0.25, -0.2) is 0 Å². The molecule has 0 aliphatic rings. The molecule has 0 spiro atoms. The normalized spacial score (nSPS) is 10.2. The van der Waals surface area contributed by atoms with Gasteiger partial charge in [0.2, 0.25) is 5.78 Å². The van der Waals surface area contributed by atoms with Crippen LogP contribution in [0.1, 0.15) is 15.9 Å². The summed E-state index contributed by atoms with van der Waals surface area (Å²) in [5, 5.41) is 0. The molecule has 0 aliphatic heterocycles. The van der Waals surface area contributed by atoms with Gasteiger partial charge < -0.3 is 15.2 Å². The van der Waals surface area contributed by atoms with E-state index >= 15 is 0 Å². The van der Waals surface area contributed by atoms with Crippen LogP contribution in [0.25, 0.3) is 0 Å². The molecule has 0 unspecified atom stereocenters. The second kappa shape index (κ2) is 5.96. The van der Waals surface area contributed by atoms with Gasteiger partial charge in [-0.05, 0) is 30.3 Å². The van der Waals surface area contributed by atoms with Crippen molar-refractivity contribution in [3.05, 3.63) is 52.0 Å². The van der Waals surface area contributed by atoms with E-state index in [1.54, 1.807) is 36.4 Å². The topological polar surface area (TPSA) is 61.5 Å². The molecule has 5 heteroatoms. The lowest BCUT2D eigenvalue weighted by atomic mass is 10.0. The van der Waals surface area contributed by atoms with Gasteiger partial charge in [-0.1, -0.05) is 22.0 Å². The van der Waals surface area contributed by atoms with Gasteiger partial charge in [-0.2, -0.15) is 0 Å². The number of carbonyl (C=O) groups is 1. The van der Waals surface area contributed by atoms with Crippen molar-refractivity contribution >= 4 is 27.4 Å². The third-order valence-corrected chi connectivity index (χ3v) is 3.58. The van der Waals surface area contributed by atoms with Crippen LogP contribution in [-0.2, 0) is 0 Å². The first-order chi connectivity index (χ1) is 9.58. The number of rotatable bonds is 4. The quantitative estimate of drug-likeness (QED) is 0.688. The Morgan fingerprint density at radius 2 is 1.70 bits per heavy atom. The Morgan fingerprint density at radius 1 is 1.10 bits per heavy atom. The maximum absolute atomic E-state index is 12.7. The van der Waals surface area contributed by atoms with Crippen LogP contribution in [0.15, 0.2) is 40.9 Å². The predicted molar refractivity (Wildman–Crippen MR) is 81.5 cm³/mol. The number of anilines is 1. The number of halogens is 1. The fraction of sp³-hybridized carbons (Fsp3) is 0.133.